The third-order valence-corrected chi connectivity index (χ3v) is 6.27. The van der Waals surface area contributed by atoms with Crippen molar-refractivity contribution < 1.29 is 4.74 Å². The second-order valence-corrected chi connectivity index (χ2v) is 13.7. The molecule has 0 radical (unpaired) electrons. The van der Waals surface area contributed by atoms with Crippen LogP contribution in [0.2, 0.25) is 25.7 Å². The van der Waals surface area contributed by atoms with Gasteiger partial charge in [-0.25, -0.2) is 0 Å². The Morgan fingerprint density at radius 1 is 0.545 bits per heavy atom. The summed E-state index contributed by atoms with van der Waals surface area (Å²) in [6.07, 6.45) is 18.7. The lowest BCUT2D eigenvalue weighted by Gasteiger charge is -2.14. The quantitative estimate of drug-likeness (QED) is 0.199. The molecule has 0 aliphatic heterocycles. The van der Waals surface area contributed by atoms with Gasteiger partial charge in [0, 0.05) is 21.3 Å². The summed E-state index contributed by atoms with van der Waals surface area (Å²) in [6, 6.07) is 1.53. The predicted octanol–water partition coefficient (Wildman–Crippen LogP) is 7.43. The largest absolute Gasteiger partial charge is 0.382 e. The maximum Gasteiger partial charge on any atom is 0.0465 e. The van der Waals surface area contributed by atoms with Crippen molar-refractivity contribution in [3.05, 3.63) is 0 Å². The lowest BCUT2D eigenvalue weighted by atomic mass is 10.0. The Hall–Kier alpha value is 0.177. The molecule has 2 heteroatoms. The highest BCUT2D eigenvalue weighted by atomic mass is 28.3. The Balaban J connectivity index is 3.00. The van der Waals surface area contributed by atoms with Crippen LogP contribution in [-0.4, -0.2) is 21.3 Å². The summed E-state index contributed by atoms with van der Waals surface area (Å²) in [7, 11) is -0.771. The van der Waals surface area contributed by atoms with E-state index >= 15 is 0 Å². The maximum atomic E-state index is 5.36. The lowest BCUT2D eigenvalue weighted by Crippen LogP contribution is -2.18. The molecule has 1 nitrogen and oxygen atoms in total. The molecule has 0 aliphatic carbocycles. The average Bonchev–Trinajstić information content (AvgIpc) is 2.45. The summed E-state index contributed by atoms with van der Waals surface area (Å²) >= 11 is 0. The van der Waals surface area contributed by atoms with E-state index in [9.17, 15) is 0 Å². The van der Waals surface area contributed by atoms with Crippen molar-refractivity contribution in [3.63, 3.8) is 0 Å². The fraction of sp³-hybridized carbons (Fsp3) is 1.00. The van der Waals surface area contributed by atoms with Gasteiger partial charge in [-0.1, -0.05) is 103 Å². The smallest absolute Gasteiger partial charge is 0.0465 e. The van der Waals surface area contributed by atoms with E-state index in [2.05, 4.69) is 26.6 Å². The van der Waals surface area contributed by atoms with Gasteiger partial charge in [0.15, 0.2) is 0 Å². The van der Waals surface area contributed by atoms with Gasteiger partial charge in [0.1, 0.15) is 0 Å². The van der Waals surface area contributed by atoms with Gasteiger partial charge in [-0.2, -0.15) is 0 Å². The number of hydrogen-bond donors (Lipinski definition) is 0. The number of hydrogen-bond acceptors (Lipinski definition) is 1. The summed E-state index contributed by atoms with van der Waals surface area (Å²) in [6.45, 7) is 11.4. The van der Waals surface area contributed by atoms with E-state index in [0.717, 1.165) is 13.2 Å². The van der Waals surface area contributed by atoms with Gasteiger partial charge in [0.2, 0.25) is 0 Å². The third-order valence-electron chi connectivity index (χ3n) is 4.42. The molecule has 22 heavy (non-hydrogen) atoms. The minimum Gasteiger partial charge on any atom is -0.382 e. The van der Waals surface area contributed by atoms with Crippen LogP contribution >= 0.6 is 0 Å². The summed E-state index contributed by atoms with van der Waals surface area (Å²) in [4.78, 5) is 0. The lowest BCUT2D eigenvalue weighted by molar-refractivity contribution is 0.143. The number of rotatable bonds is 17. The Labute approximate surface area is 142 Å². The van der Waals surface area contributed by atoms with E-state index in [1.807, 2.05) is 0 Å². The zero-order chi connectivity index (χ0) is 16.5. The van der Waals surface area contributed by atoms with Crippen molar-refractivity contribution in [2.24, 2.45) is 0 Å². The summed E-state index contributed by atoms with van der Waals surface area (Å²) < 4.78 is 5.36. The van der Waals surface area contributed by atoms with E-state index in [-0.39, 0.29) is 0 Å². The fourth-order valence-electron chi connectivity index (χ4n) is 2.95. The highest BCUT2D eigenvalue weighted by Crippen LogP contribution is 2.16. The molecule has 0 aromatic heterocycles. The zero-order valence-electron chi connectivity index (χ0n) is 16.2. The first-order valence-electron chi connectivity index (χ1n) is 10.1. The first-order chi connectivity index (χ1) is 10.6. The van der Waals surface area contributed by atoms with E-state index in [1.165, 1.54) is 89.5 Å². The molecule has 0 aromatic rings. The van der Waals surface area contributed by atoms with E-state index in [1.54, 1.807) is 0 Å². The SMILES string of the molecule is CCOCCCCCCCCCCCCCCC[Si](C)(C)C. The van der Waals surface area contributed by atoms with Crippen molar-refractivity contribution in [3.8, 4) is 0 Å². The van der Waals surface area contributed by atoms with Crippen molar-refractivity contribution in [1.82, 2.24) is 0 Å². The van der Waals surface area contributed by atoms with Gasteiger partial charge >= 0.3 is 0 Å². The molecule has 0 bridgehead atoms. The van der Waals surface area contributed by atoms with Crippen LogP contribution in [0.5, 0.6) is 0 Å². The van der Waals surface area contributed by atoms with Gasteiger partial charge in [-0.05, 0) is 13.3 Å². The Morgan fingerprint density at radius 3 is 1.27 bits per heavy atom. The topological polar surface area (TPSA) is 9.23 Å². The van der Waals surface area contributed by atoms with E-state index in [0.29, 0.717) is 0 Å². The Bertz CT molecular complexity index is 210. The highest BCUT2D eigenvalue weighted by Gasteiger charge is 2.11. The molecule has 0 spiro atoms. The van der Waals surface area contributed by atoms with Gasteiger partial charge in [0.05, 0.1) is 0 Å². The molecule has 0 N–H and O–H groups in total. The monoisotopic (exact) mass is 328 g/mol. The molecule has 0 rings (SSSR count). The van der Waals surface area contributed by atoms with Crippen molar-refractivity contribution in [2.45, 2.75) is 116 Å². The summed E-state index contributed by atoms with van der Waals surface area (Å²) in [5.74, 6) is 0. The second-order valence-electron chi connectivity index (χ2n) is 8.10. The zero-order valence-corrected chi connectivity index (χ0v) is 17.2. The van der Waals surface area contributed by atoms with Crippen LogP contribution in [0.25, 0.3) is 0 Å². The van der Waals surface area contributed by atoms with Crippen LogP contribution in [-0.2, 0) is 4.74 Å². The molecule has 134 valence electrons. The third kappa shape index (κ3) is 20.2. The number of ether oxygens (including phenoxy) is 1. The molecular weight excluding hydrogens is 284 g/mol. The molecule has 0 saturated carbocycles. The van der Waals surface area contributed by atoms with Crippen molar-refractivity contribution in [1.29, 1.82) is 0 Å². The molecule has 0 amide bonds. The van der Waals surface area contributed by atoms with Gasteiger partial charge in [-0.15, -0.1) is 0 Å². The van der Waals surface area contributed by atoms with Crippen LogP contribution in [0.1, 0.15) is 90.4 Å². The molecular formula is C20H44OSi. The van der Waals surface area contributed by atoms with Crippen LogP contribution < -0.4 is 0 Å². The van der Waals surface area contributed by atoms with E-state index in [4.69, 9.17) is 4.74 Å². The standard InChI is InChI=1S/C20H44OSi/c1-5-21-19-17-15-13-11-9-7-6-8-10-12-14-16-18-20-22(2,3)4/h5-20H2,1-4H3. The van der Waals surface area contributed by atoms with Crippen LogP contribution in [0.4, 0.5) is 0 Å². The molecule has 0 atom stereocenters. The Morgan fingerprint density at radius 2 is 0.909 bits per heavy atom. The normalized spacial score (nSPS) is 12.0. The Kier molecular flexibility index (Phi) is 16.2. The highest BCUT2D eigenvalue weighted by molar-refractivity contribution is 6.76. The first-order valence-corrected chi connectivity index (χ1v) is 13.8. The molecule has 0 fully saturated rings. The number of unbranched alkanes of at least 4 members (excludes halogenated alkanes) is 12. The van der Waals surface area contributed by atoms with Crippen molar-refractivity contribution in [2.75, 3.05) is 13.2 Å². The van der Waals surface area contributed by atoms with Crippen LogP contribution in [0.15, 0.2) is 0 Å². The fourth-order valence-corrected chi connectivity index (χ4v) is 4.26. The van der Waals surface area contributed by atoms with Crippen molar-refractivity contribution >= 4 is 8.07 Å². The molecule has 0 saturated heterocycles. The van der Waals surface area contributed by atoms with Gasteiger partial charge < -0.3 is 4.74 Å². The summed E-state index contributed by atoms with van der Waals surface area (Å²) in [5.41, 5.74) is 0. The summed E-state index contributed by atoms with van der Waals surface area (Å²) in [5, 5.41) is 0. The minimum absolute atomic E-state index is 0.771. The molecule has 0 unspecified atom stereocenters. The van der Waals surface area contributed by atoms with Gasteiger partial charge in [0.25, 0.3) is 0 Å². The minimum atomic E-state index is -0.771. The molecule has 0 aliphatic rings. The van der Waals surface area contributed by atoms with Gasteiger partial charge in [-0.3, -0.25) is 0 Å². The van der Waals surface area contributed by atoms with Crippen LogP contribution in [0.3, 0.4) is 0 Å². The predicted molar refractivity (Wildman–Crippen MR) is 105 cm³/mol. The molecule has 0 heterocycles. The average molecular weight is 329 g/mol. The van der Waals surface area contributed by atoms with E-state index < -0.39 is 8.07 Å². The second kappa shape index (κ2) is 16.0. The maximum absolute atomic E-state index is 5.36. The molecule has 0 aromatic carbocycles. The van der Waals surface area contributed by atoms with Crippen LogP contribution in [0, 0.1) is 0 Å². The first kappa shape index (κ1) is 22.2.